The quantitative estimate of drug-likeness (QED) is 0.782. The maximum atomic E-state index is 9.28. The van der Waals surface area contributed by atoms with Gasteiger partial charge in [-0.2, -0.15) is 10.4 Å². The maximum Gasteiger partial charge on any atom is 0.155 e. The minimum absolute atomic E-state index is 0.289. The predicted octanol–water partition coefficient (Wildman–Crippen LogP) is 3.35. The fourth-order valence-electron chi connectivity index (χ4n) is 1.93. The van der Waals surface area contributed by atoms with E-state index in [0.717, 1.165) is 10.2 Å². The second kappa shape index (κ2) is 4.87. The Bertz CT molecular complexity index is 799. The number of hydrogen-bond donors (Lipinski definition) is 1. The smallest absolute Gasteiger partial charge is 0.155 e. The minimum atomic E-state index is 0.289. The molecule has 5 nitrogen and oxygen atoms in total. The van der Waals surface area contributed by atoms with Gasteiger partial charge >= 0.3 is 0 Å². The molecule has 0 bridgehead atoms. The summed E-state index contributed by atoms with van der Waals surface area (Å²) in [5, 5.41) is 13.7. The highest BCUT2D eigenvalue weighted by Gasteiger charge is 2.19. The van der Waals surface area contributed by atoms with Crippen LogP contribution in [-0.2, 0) is 0 Å². The van der Waals surface area contributed by atoms with Crippen molar-refractivity contribution in [2.24, 2.45) is 0 Å². The molecule has 20 heavy (non-hydrogen) atoms. The Kier molecular flexibility index (Phi) is 3.05. The van der Waals surface area contributed by atoms with Crippen molar-refractivity contribution in [3.63, 3.8) is 0 Å². The Morgan fingerprint density at radius 3 is 2.80 bits per heavy atom. The maximum absolute atomic E-state index is 9.28. The van der Waals surface area contributed by atoms with E-state index in [2.05, 4.69) is 27.1 Å². The molecule has 0 saturated carbocycles. The van der Waals surface area contributed by atoms with Gasteiger partial charge in [-0.05, 0) is 30.3 Å². The van der Waals surface area contributed by atoms with Crippen LogP contribution in [0.5, 0.6) is 0 Å². The number of anilines is 1. The van der Waals surface area contributed by atoms with Crippen molar-refractivity contribution in [2.45, 2.75) is 0 Å². The van der Waals surface area contributed by atoms with E-state index in [1.165, 1.54) is 10.9 Å². The van der Waals surface area contributed by atoms with E-state index >= 15 is 0 Å². The third-order valence-corrected chi connectivity index (χ3v) is 3.33. The number of aromatic nitrogens is 2. The molecular formula is C14H9BrN4O. The van der Waals surface area contributed by atoms with Gasteiger partial charge in [0.05, 0.1) is 12.0 Å². The SMILES string of the molecule is N#Cc1c(-c2ccco2)nn(-c2cccc(Br)c2)c1N. The zero-order valence-corrected chi connectivity index (χ0v) is 11.8. The van der Waals surface area contributed by atoms with Crippen molar-refractivity contribution in [1.29, 1.82) is 5.26 Å². The van der Waals surface area contributed by atoms with E-state index in [4.69, 9.17) is 10.2 Å². The van der Waals surface area contributed by atoms with Crippen LogP contribution < -0.4 is 5.73 Å². The fourth-order valence-corrected chi connectivity index (χ4v) is 2.32. The van der Waals surface area contributed by atoms with Gasteiger partial charge in [0.2, 0.25) is 0 Å². The molecule has 1 aromatic carbocycles. The Balaban J connectivity index is 2.22. The van der Waals surface area contributed by atoms with E-state index in [1.807, 2.05) is 24.3 Å². The van der Waals surface area contributed by atoms with E-state index in [-0.39, 0.29) is 5.82 Å². The lowest BCUT2D eigenvalue weighted by Gasteiger charge is -2.03. The standard InChI is InChI=1S/C14H9BrN4O/c15-9-3-1-4-10(7-9)19-14(17)11(8-16)13(18-19)12-5-2-6-20-12/h1-7H,17H2. The molecule has 0 fully saturated rings. The summed E-state index contributed by atoms with van der Waals surface area (Å²) >= 11 is 3.40. The molecule has 2 aromatic heterocycles. The summed E-state index contributed by atoms with van der Waals surface area (Å²) < 4.78 is 7.73. The van der Waals surface area contributed by atoms with Crippen LogP contribution in [-0.4, -0.2) is 9.78 Å². The topological polar surface area (TPSA) is 80.8 Å². The van der Waals surface area contributed by atoms with Gasteiger partial charge in [-0.3, -0.25) is 0 Å². The van der Waals surface area contributed by atoms with Crippen LogP contribution >= 0.6 is 15.9 Å². The molecule has 6 heteroatoms. The van der Waals surface area contributed by atoms with Crippen molar-refractivity contribution < 1.29 is 4.42 Å². The van der Waals surface area contributed by atoms with Crippen LogP contribution in [0.15, 0.2) is 51.6 Å². The second-order valence-corrected chi connectivity index (χ2v) is 5.01. The van der Waals surface area contributed by atoms with E-state index in [1.54, 1.807) is 12.1 Å². The molecule has 2 N–H and O–H groups in total. The molecular weight excluding hydrogens is 320 g/mol. The van der Waals surface area contributed by atoms with Crippen LogP contribution in [0, 0.1) is 11.3 Å². The number of hydrogen-bond acceptors (Lipinski definition) is 4. The number of nitrogens with two attached hydrogens (primary N) is 1. The van der Waals surface area contributed by atoms with Gasteiger partial charge in [-0.25, -0.2) is 4.68 Å². The Morgan fingerprint density at radius 2 is 2.15 bits per heavy atom. The zero-order valence-electron chi connectivity index (χ0n) is 10.2. The van der Waals surface area contributed by atoms with Gasteiger partial charge in [-0.15, -0.1) is 0 Å². The molecule has 0 aliphatic carbocycles. The molecule has 0 radical (unpaired) electrons. The van der Waals surface area contributed by atoms with Gasteiger partial charge in [0.1, 0.15) is 23.1 Å². The van der Waals surface area contributed by atoms with Crippen LogP contribution in [0.4, 0.5) is 5.82 Å². The number of rotatable bonds is 2. The number of halogens is 1. The van der Waals surface area contributed by atoms with Gasteiger partial charge in [0, 0.05) is 4.47 Å². The lowest BCUT2D eigenvalue weighted by Crippen LogP contribution is -2.02. The Hall–Kier alpha value is -2.52. The summed E-state index contributed by atoms with van der Waals surface area (Å²) in [5.74, 6) is 0.805. The van der Waals surface area contributed by atoms with Crippen LogP contribution in [0.2, 0.25) is 0 Å². The number of nitriles is 1. The summed E-state index contributed by atoms with van der Waals surface area (Å²) in [7, 11) is 0. The Morgan fingerprint density at radius 1 is 1.30 bits per heavy atom. The van der Waals surface area contributed by atoms with E-state index < -0.39 is 0 Å². The molecule has 0 unspecified atom stereocenters. The molecule has 0 amide bonds. The first-order valence-corrected chi connectivity index (χ1v) is 6.58. The molecule has 2 heterocycles. The molecule has 3 aromatic rings. The van der Waals surface area contributed by atoms with Gasteiger partial charge < -0.3 is 10.2 Å². The van der Waals surface area contributed by atoms with Gasteiger partial charge in [-0.1, -0.05) is 22.0 Å². The number of benzene rings is 1. The van der Waals surface area contributed by atoms with Crippen molar-refractivity contribution >= 4 is 21.7 Å². The fraction of sp³-hybridized carbons (Fsp3) is 0. The highest BCUT2D eigenvalue weighted by Crippen LogP contribution is 2.29. The number of nitrogens with zero attached hydrogens (tertiary/aromatic N) is 3. The lowest BCUT2D eigenvalue weighted by atomic mass is 10.2. The average molecular weight is 329 g/mol. The summed E-state index contributed by atoms with van der Waals surface area (Å²) in [6.45, 7) is 0. The molecule has 0 saturated heterocycles. The van der Waals surface area contributed by atoms with Crippen LogP contribution in [0.1, 0.15) is 5.56 Å². The highest BCUT2D eigenvalue weighted by molar-refractivity contribution is 9.10. The summed E-state index contributed by atoms with van der Waals surface area (Å²) in [5.41, 5.74) is 7.54. The molecule has 0 atom stereocenters. The third kappa shape index (κ3) is 1.98. The molecule has 98 valence electrons. The molecule has 0 aliphatic heterocycles. The highest BCUT2D eigenvalue weighted by atomic mass is 79.9. The van der Waals surface area contributed by atoms with Gasteiger partial charge in [0.25, 0.3) is 0 Å². The first-order chi connectivity index (χ1) is 9.70. The molecule has 0 aliphatic rings. The van der Waals surface area contributed by atoms with Crippen molar-refractivity contribution in [3.8, 4) is 23.2 Å². The number of furan rings is 1. The third-order valence-electron chi connectivity index (χ3n) is 2.84. The van der Waals surface area contributed by atoms with Crippen LogP contribution in [0.25, 0.3) is 17.1 Å². The summed E-state index contributed by atoms with van der Waals surface area (Å²) in [6, 6.07) is 13.1. The normalized spacial score (nSPS) is 10.4. The largest absolute Gasteiger partial charge is 0.463 e. The summed E-state index contributed by atoms with van der Waals surface area (Å²) in [4.78, 5) is 0. The monoisotopic (exact) mass is 328 g/mol. The Labute approximate surface area is 123 Å². The first kappa shape index (κ1) is 12.5. The average Bonchev–Trinajstić information content (AvgIpc) is 3.05. The van der Waals surface area contributed by atoms with E-state index in [9.17, 15) is 5.26 Å². The molecule has 0 spiro atoms. The summed E-state index contributed by atoms with van der Waals surface area (Å²) in [6.07, 6.45) is 1.53. The molecule has 3 rings (SSSR count). The zero-order chi connectivity index (χ0) is 14.1. The van der Waals surface area contributed by atoms with Crippen molar-refractivity contribution in [1.82, 2.24) is 9.78 Å². The number of nitrogen functional groups attached to an aromatic ring is 1. The van der Waals surface area contributed by atoms with Crippen LogP contribution in [0.3, 0.4) is 0 Å². The van der Waals surface area contributed by atoms with E-state index in [0.29, 0.717) is 17.0 Å². The second-order valence-electron chi connectivity index (χ2n) is 4.09. The van der Waals surface area contributed by atoms with Crippen molar-refractivity contribution in [2.75, 3.05) is 5.73 Å². The minimum Gasteiger partial charge on any atom is -0.463 e. The van der Waals surface area contributed by atoms with Gasteiger partial charge in [0.15, 0.2) is 5.76 Å². The lowest BCUT2D eigenvalue weighted by molar-refractivity contribution is 0.579. The predicted molar refractivity (Wildman–Crippen MR) is 78.1 cm³/mol. The first-order valence-electron chi connectivity index (χ1n) is 5.79. The van der Waals surface area contributed by atoms with Crippen molar-refractivity contribution in [3.05, 3.63) is 52.7 Å².